The van der Waals surface area contributed by atoms with Gasteiger partial charge in [0.1, 0.15) is 0 Å². The van der Waals surface area contributed by atoms with Crippen molar-refractivity contribution in [3.63, 3.8) is 0 Å². The Labute approximate surface area is 210 Å². The summed E-state index contributed by atoms with van der Waals surface area (Å²) in [4.78, 5) is 52.3. The minimum Gasteiger partial charge on any atom is -0.321 e. The predicted octanol–water partition coefficient (Wildman–Crippen LogP) is 4.14. The van der Waals surface area contributed by atoms with Gasteiger partial charge in [0.2, 0.25) is 0 Å². The van der Waals surface area contributed by atoms with Gasteiger partial charge in [-0.15, -0.1) is 11.3 Å². The Hall–Kier alpha value is -4.76. The molecule has 0 atom stereocenters. The van der Waals surface area contributed by atoms with E-state index < -0.39 is 23.4 Å². The Morgan fingerprint density at radius 2 is 1.36 bits per heavy atom. The molecule has 1 aliphatic rings. The Morgan fingerprint density at radius 3 is 1.92 bits per heavy atom. The van der Waals surface area contributed by atoms with Gasteiger partial charge < -0.3 is 10.6 Å². The van der Waals surface area contributed by atoms with Crippen LogP contribution in [0.2, 0.25) is 0 Å². The number of imide groups is 1. The van der Waals surface area contributed by atoms with Crippen LogP contribution in [0.1, 0.15) is 31.2 Å². The Kier molecular flexibility index (Phi) is 6.05. The molecule has 3 aromatic carbocycles. The molecular formula is C27H20N4O4S. The summed E-state index contributed by atoms with van der Waals surface area (Å²) in [7, 11) is 0. The van der Waals surface area contributed by atoms with E-state index in [0.29, 0.717) is 26.7 Å². The average Bonchev–Trinajstić information content (AvgIpc) is 3.54. The van der Waals surface area contributed by atoms with Crippen molar-refractivity contribution in [1.82, 2.24) is 15.8 Å². The lowest BCUT2D eigenvalue weighted by molar-refractivity contribution is -0.131. The van der Waals surface area contributed by atoms with E-state index in [1.54, 1.807) is 72.8 Å². The molecule has 178 valence electrons. The Morgan fingerprint density at radius 1 is 0.750 bits per heavy atom. The van der Waals surface area contributed by atoms with Crippen LogP contribution in [0.25, 0.3) is 0 Å². The molecule has 1 aromatic heterocycles. The molecule has 36 heavy (non-hydrogen) atoms. The van der Waals surface area contributed by atoms with Crippen molar-refractivity contribution >= 4 is 40.8 Å². The number of hydrogen-bond acceptors (Lipinski definition) is 5. The molecule has 8 nitrogen and oxygen atoms in total. The average molecular weight is 497 g/mol. The number of carbonyl (C=O) groups excluding carboxylic acids is 4. The second-order valence-electron chi connectivity index (χ2n) is 8.00. The molecule has 0 radical (unpaired) electrons. The standard InChI is InChI=1S/C27H20N4O4S/c32-23(18-13-15-21(16-14-18)28-24(33)22-12-7-17-36-22)30-31-25(34)27(29-26(31)35,19-8-3-1-4-9-19)20-10-5-2-6-11-20/h1-17H,(H,28,33)(H,29,35)(H,30,32). The summed E-state index contributed by atoms with van der Waals surface area (Å²) in [5, 5.41) is 8.04. The van der Waals surface area contributed by atoms with Gasteiger partial charge in [0, 0.05) is 11.3 Å². The lowest BCUT2D eigenvalue weighted by Gasteiger charge is -2.27. The number of amides is 5. The summed E-state index contributed by atoms with van der Waals surface area (Å²) in [5.74, 6) is -1.52. The fourth-order valence-corrected chi connectivity index (χ4v) is 4.66. The number of thiophene rings is 1. The van der Waals surface area contributed by atoms with Crippen molar-refractivity contribution in [2.75, 3.05) is 5.32 Å². The molecule has 2 heterocycles. The van der Waals surface area contributed by atoms with Crippen molar-refractivity contribution in [3.05, 3.63) is 124 Å². The van der Waals surface area contributed by atoms with Gasteiger partial charge in [-0.1, -0.05) is 66.7 Å². The molecule has 1 saturated heterocycles. The van der Waals surface area contributed by atoms with E-state index in [2.05, 4.69) is 16.1 Å². The summed E-state index contributed by atoms with van der Waals surface area (Å²) in [6.45, 7) is 0. The number of urea groups is 1. The van der Waals surface area contributed by atoms with Crippen LogP contribution in [-0.4, -0.2) is 28.8 Å². The molecule has 0 aliphatic carbocycles. The van der Waals surface area contributed by atoms with Crippen LogP contribution in [0.3, 0.4) is 0 Å². The Bertz CT molecular complexity index is 1380. The van der Waals surface area contributed by atoms with Gasteiger partial charge in [0.05, 0.1) is 4.88 Å². The highest BCUT2D eigenvalue weighted by Crippen LogP contribution is 2.35. The fraction of sp³-hybridized carbons (Fsp3) is 0.0370. The summed E-state index contributed by atoms with van der Waals surface area (Å²) in [6, 6.07) is 26.6. The maximum Gasteiger partial charge on any atom is 0.344 e. The number of anilines is 1. The summed E-state index contributed by atoms with van der Waals surface area (Å²) < 4.78 is 0. The van der Waals surface area contributed by atoms with Gasteiger partial charge in [-0.2, -0.15) is 5.01 Å². The first-order valence-corrected chi connectivity index (χ1v) is 11.9. The number of carbonyl (C=O) groups is 4. The molecule has 5 amide bonds. The van der Waals surface area contributed by atoms with Crippen molar-refractivity contribution in [2.24, 2.45) is 0 Å². The quantitative estimate of drug-likeness (QED) is 0.349. The van der Waals surface area contributed by atoms with Crippen LogP contribution < -0.4 is 16.1 Å². The lowest BCUT2D eigenvalue weighted by atomic mass is 9.83. The minimum absolute atomic E-state index is 0.210. The molecule has 1 aliphatic heterocycles. The van der Waals surface area contributed by atoms with E-state index >= 15 is 0 Å². The number of hydrazine groups is 1. The van der Waals surface area contributed by atoms with E-state index in [1.807, 2.05) is 17.5 Å². The summed E-state index contributed by atoms with van der Waals surface area (Å²) in [6.07, 6.45) is 0. The zero-order valence-corrected chi connectivity index (χ0v) is 19.6. The molecule has 0 bridgehead atoms. The third-order valence-electron chi connectivity index (χ3n) is 5.80. The van der Waals surface area contributed by atoms with Crippen molar-refractivity contribution in [2.45, 2.75) is 5.54 Å². The second-order valence-corrected chi connectivity index (χ2v) is 8.95. The van der Waals surface area contributed by atoms with Crippen molar-refractivity contribution < 1.29 is 19.2 Å². The smallest absolute Gasteiger partial charge is 0.321 e. The zero-order valence-electron chi connectivity index (χ0n) is 18.8. The van der Waals surface area contributed by atoms with Crippen LogP contribution in [0.5, 0.6) is 0 Å². The van der Waals surface area contributed by atoms with Crippen LogP contribution in [0.4, 0.5) is 10.5 Å². The number of nitrogens with one attached hydrogen (secondary N) is 3. The number of rotatable bonds is 6. The van der Waals surface area contributed by atoms with Crippen molar-refractivity contribution in [1.29, 1.82) is 0 Å². The first kappa shape index (κ1) is 23.0. The number of benzene rings is 3. The van der Waals surface area contributed by atoms with Crippen LogP contribution in [0, 0.1) is 0 Å². The van der Waals surface area contributed by atoms with Crippen LogP contribution >= 0.6 is 11.3 Å². The highest BCUT2D eigenvalue weighted by atomic mass is 32.1. The fourth-order valence-electron chi connectivity index (χ4n) is 4.04. The van der Waals surface area contributed by atoms with Gasteiger partial charge in [-0.05, 0) is 46.8 Å². The highest BCUT2D eigenvalue weighted by Gasteiger charge is 2.54. The van der Waals surface area contributed by atoms with E-state index in [0.717, 1.165) is 0 Å². The minimum atomic E-state index is -1.48. The van der Waals surface area contributed by atoms with Crippen molar-refractivity contribution in [3.8, 4) is 0 Å². The maximum atomic E-state index is 13.7. The van der Waals surface area contributed by atoms with Crippen LogP contribution in [-0.2, 0) is 10.3 Å². The summed E-state index contributed by atoms with van der Waals surface area (Å²) >= 11 is 1.32. The van der Waals surface area contributed by atoms with Gasteiger partial charge in [-0.25, -0.2) is 4.79 Å². The molecule has 0 unspecified atom stereocenters. The monoisotopic (exact) mass is 496 g/mol. The van der Waals surface area contributed by atoms with E-state index in [4.69, 9.17) is 0 Å². The molecular weight excluding hydrogens is 476 g/mol. The van der Waals surface area contributed by atoms with Crippen LogP contribution in [0.15, 0.2) is 102 Å². The lowest BCUT2D eigenvalue weighted by Crippen LogP contribution is -2.49. The largest absolute Gasteiger partial charge is 0.344 e. The van der Waals surface area contributed by atoms with E-state index in [1.165, 1.54) is 23.5 Å². The molecule has 0 saturated carbocycles. The second kappa shape index (κ2) is 9.47. The molecule has 3 N–H and O–H groups in total. The number of nitrogens with zero attached hydrogens (tertiary/aromatic N) is 1. The third kappa shape index (κ3) is 4.12. The van der Waals surface area contributed by atoms with E-state index in [-0.39, 0.29) is 11.5 Å². The van der Waals surface area contributed by atoms with E-state index in [9.17, 15) is 19.2 Å². The zero-order chi connectivity index (χ0) is 25.1. The molecule has 5 rings (SSSR count). The summed E-state index contributed by atoms with van der Waals surface area (Å²) in [5.41, 5.74) is 2.79. The number of hydrogen-bond donors (Lipinski definition) is 3. The van der Waals surface area contributed by atoms with Gasteiger partial charge in [0.25, 0.3) is 17.7 Å². The third-order valence-corrected chi connectivity index (χ3v) is 6.67. The van der Waals surface area contributed by atoms with Gasteiger partial charge in [-0.3, -0.25) is 19.8 Å². The maximum absolute atomic E-state index is 13.7. The predicted molar refractivity (Wildman–Crippen MR) is 135 cm³/mol. The Balaban J connectivity index is 1.36. The molecule has 1 fully saturated rings. The highest BCUT2D eigenvalue weighted by molar-refractivity contribution is 7.12. The molecule has 9 heteroatoms. The first-order valence-electron chi connectivity index (χ1n) is 11.0. The van der Waals surface area contributed by atoms with Gasteiger partial charge >= 0.3 is 6.03 Å². The molecule has 0 spiro atoms. The van der Waals surface area contributed by atoms with Gasteiger partial charge in [0.15, 0.2) is 5.54 Å². The normalized spacial score (nSPS) is 14.3. The topological polar surface area (TPSA) is 108 Å². The SMILES string of the molecule is O=C(NN1C(=O)NC(c2ccccc2)(c2ccccc2)C1=O)c1ccc(NC(=O)c2cccs2)cc1. The molecule has 4 aromatic rings. The first-order chi connectivity index (χ1) is 17.5.